The molecule has 1 N–H and O–H groups in total. The highest BCUT2D eigenvalue weighted by molar-refractivity contribution is 5.86. The maximum absolute atomic E-state index is 11.5. The molecule has 0 amide bonds. The van der Waals surface area contributed by atoms with Crippen molar-refractivity contribution in [3.05, 3.63) is 65.9 Å². The predicted molar refractivity (Wildman–Crippen MR) is 97.2 cm³/mol. The minimum absolute atomic E-state index is 0.775. The molecule has 0 bridgehead atoms. The van der Waals surface area contributed by atoms with Crippen LogP contribution in [0.1, 0.15) is 31.9 Å². The van der Waals surface area contributed by atoms with E-state index in [1.54, 1.807) is 13.8 Å². The van der Waals surface area contributed by atoms with Gasteiger partial charge in [0.1, 0.15) is 0 Å². The molecule has 3 nitrogen and oxygen atoms in total. The van der Waals surface area contributed by atoms with Gasteiger partial charge in [0.05, 0.1) is 11.1 Å². The van der Waals surface area contributed by atoms with E-state index in [2.05, 4.69) is 36.2 Å². The highest BCUT2D eigenvalue weighted by atomic mass is 16.4. The monoisotopic (exact) mass is 319 g/mol. The third-order valence-corrected chi connectivity index (χ3v) is 4.61. The number of hydrogen-bond donors (Lipinski definition) is 1. The zero-order valence-corrected chi connectivity index (χ0v) is 14.2. The lowest BCUT2D eigenvalue weighted by molar-refractivity contribution is -0.142. The molecule has 0 saturated heterocycles. The highest BCUT2D eigenvalue weighted by Gasteiger charge is 2.29. The standard InChI is InChI=1S/C21H21NO2/c1-4-14-8-9-16-13-22-19(12-17(16)10-14)15-6-5-7-18(11-15)21(2,3)20(23)24/h5-13H,4H2,1-3H3,(H,23,24). The Hall–Kier alpha value is -2.68. The minimum Gasteiger partial charge on any atom is -0.481 e. The highest BCUT2D eigenvalue weighted by Crippen LogP contribution is 2.29. The molecule has 3 rings (SSSR count). The lowest BCUT2D eigenvalue weighted by atomic mass is 9.84. The molecule has 0 aliphatic carbocycles. The first-order valence-electron chi connectivity index (χ1n) is 8.15. The van der Waals surface area contributed by atoms with Crippen LogP contribution < -0.4 is 0 Å². The summed E-state index contributed by atoms with van der Waals surface area (Å²) in [5.74, 6) is -0.835. The molecule has 0 saturated carbocycles. The van der Waals surface area contributed by atoms with Crippen molar-refractivity contribution in [2.75, 3.05) is 0 Å². The van der Waals surface area contributed by atoms with Gasteiger partial charge in [0.25, 0.3) is 0 Å². The molecular formula is C21H21NO2. The van der Waals surface area contributed by atoms with Gasteiger partial charge in [-0.25, -0.2) is 0 Å². The fraction of sp³-hybridized carbons (Fsp3) is 0.238. The van der Waals surface area contributed by atoms with Gasteiger partial charge in [-0.3, -0.25) is 9.78 Å². The largest absolute Gasteiger partial charge is 0.481 e. The van der Waals surface area contributed by atoms with E-state index in [1.165, 1.54) is 5.56 Å². The summed E-state index contributed by atoms with van der Waals surface area (Å²) in [4.78, 5) is 16.1. The molecule has 3 aromatic rings. The summed E-state index contributed by atoms with van der Waals surface area (Å²) >= 11 is 0. The molecular weight excluding hydrogens is 298 g/mol. The zero-order valence-electron chi connectivity index (χ0n) is 14.2. The van der Waals surface area contributed by atoms with Gasteiger partial charge in [0, 0.05) is 17.1 Å². The van der Waals surface area contributed by atoms with Crippen LogP contribution in [0.15, 0.2) is 54.7 Å². The van der Waals surface area contributed by atoms with E-state index in [1.807, 2.05) is 30.5 Å². The Morgan fingerprint density at radius 3 is 2.58 bits per heavy atom. The summed E-state index contributed by atoms with van der Waals surface area (Å²) < 4.78 is 0. The number of hydrogen-bond acceptors (Lipinski definition) is 2. The number of aromatic nitrogens is 1. The van der Waals surface area contributed by atoms with E-state index in [4.69, 9.17) is 0 Å². The molecule has 1 aromatic heterocycles. The lowest BCUT2D eigenvalue weighted by Gasteiger charge is -2.20. The third-order valence-electron chi connectivity index (χ3n) is 4.61. The quantitative estimate of drug-likeness (QED) is 0.749. The topological polar surface area (TPSA) is 50.2 Å². The first-order chi connectivity index (χ1) is 11.4. The fourth-order valence-electron chi connectivity index (χ4n) is 2.76. The van der Waals surface area contributed by atoms with Crippen LogP contribution in [0.2, 0.25) is 0 Å². The van der Waals surface area contributed by atoms with Crippen molar-refractivity contribution in [3.8, 4) is 11.3 Å². The van der Waals surface area contributed by atoms with Gasteiger partial charge >= 0.3 is 5.97 Å². The van der Waals surface area contributed by atoms with Gasteiger partial charge < -0.3 is 5.11 Å². The maximum atomic E-state index is 11.5. The van der Waals surface area contributed by atoms with E-state index in [0.29, 0.717) is 0 Å². The molecule has 0 aliphatic rings. The molecule has 0 fully saturated rings. The number of carbonyl (C=O) groups is 1. The summed E-state index contributed by atoms with van der Waals surface area (Å²) in [5, 5.41) is 11.7. The Labute approximate surface area is 142 Å². The second-order valence-corrected chi connectivity index (χ2v) is 6.62. The lowest BCUT2D eigenvalue weighted by Crippen LogP contribution is -2.28. The number of nitrogens with zero attached hydrogens (tertiary/aromatic N) is 1. The molecule has 24 heavy (non-hydrogen) atoms. The number of benzene rings is 2. The van der Waals surface area contributed by atoms with Gasteiger partial charge in [0.15, 0.2) is 0 Å². The maximum Gasteiger partial charge on any atom is 0.313 e. The number of aryl methyl sites for hydroxylation is 1. The van der Waals surface area contributed by atoms with Crippen molar-refractivity contribution in [1.29, 1.82) is 0 Å². The first kappa shape index (κ1) is 16.2. The van der Waals surface area contributed by atoms with Gasteiger partial charge in [-0.15, -0.1) is 0 Å². The summed E-state index contributed by atoms with van der Waals surface area (Å²) in [6.45, 7) is 5.58. The molecule has 122 valence electrons. The van der Waals surface area contributed by atoms with Crippen molar-refractivity contribution in [3.63, 3.8) is 0 Å². The summed E-state index contributed by atoms with van der Waals surface area (Å²) in [7, 11) is 0. The second kappa shape index (κ2) is 6.08. The normalized spacial score (nSPS) is 11.6. The van der Waals surface area contributed by atoms with E-state index in [-0.39, 0.29) is 0 Å². The van der Waals surface area contributed by atoms with Crippen LogP contribution in [0.3, 0.4) is 0 Å². The van der Waals surface area contributed by atoms with E-state index < -0.39 is 11.4 Å². The van der Waals surface area contributed by atoms with Crippen LogP contribution in [0.4, 0.5) is 0 Å². The van der Waals surface area contributed by atoms with Crippen LogP contribution in [-0.4, -0.2) is 16.1 Å². The number of pyridine rings is 1. The van der Waals surface area contributed by atoms with Crippen LogP contribution in [-0.2, 0) is 16.6 Å². The summed E-state index contributed by atoms with van der Waals surface area (Å²) in [5.41, 5.74) is 2.93. The first-order valence-corrected chi connectivity index (χ1v) is 8.15. The molecule has 0 radical (unpaired) electrons. The van der Waals surface area contributed by atoms with Crippen LogP contribution in [0, 0.1) is 0 Å². The smallest absolute Gasteiger partial charge is 0.313 e. The van der Waals surface area contributed by atoms with Crippen molar-refractivity contribution >= 4 is 16.7 Å². The van der Waals surface area contributed by atoms with E-state index in [9.17, 15) is 9.90 Å². The molecule has 0 atom stereocenters. The summed E-state index contributed by atoms with van der Waals surface area (Å²) in [6, 6.07) is 16.1. The molecule has 3 heteroatoms. The van der Waals surface area contributed by atoms with Gasteiger partial charge in [-0.2, -0.15) is 0 Å². The van der Waals surface area contributed by atoms with Crippen LogP contribution >= 0.6 is 0 Å². The van der Waals surface area contributed by atoms with Crippen molar-refractivity contribution < 1.29 is 9.90 Å². The summed E-state index contributed by atoms with van der Waals surface area (Å²) in [6.07, 6.45) is 2.87. The molecule has 0 spiro atoms. The number of rotatable bonds is 4. The average Bonchev–Trinajstić information content (AvgIpc) is 2.60. The van der Waals surface area contributed by atoms with Gasteiger partial charge in [-0.05, 0) is 48.9 Å². The zero-order chi connectivity index (χ0) is 17.3. The Morgan fingerprint density at radius 2 is 1.88 bits per heavy atom. The molecule has 0 aliphatic heterocycles. The molecule has 1 heterocycles. The third kappa shape index (κ3) is 2.90. The Balaban J connectivity index is 2.09. The Kier molecular flexibility index (Phi) is 4.10. The number of fused-ring (bicyclic) bond motifs is 1. The number of aliphatic carboxylic acids is 1. The second-order valence-electron chi connectivity index (χ2n) is 6.62. The number of carboxylic acids is 1. The average molecular weight is 319 g/mol. The van der Waals surface area contributed by atoms with E-state index >= 15 is 0 Å². The van der Waals surface area contributed by atoms with Crippen molar-refractivity contribution in [1.82, 2.24) is 4.98 Å². The van der Waals surface area contributed by atoms with E-state index in [0.717, 1.165) is 34.0 Å². The van der Waals surface area contributed by atoms with Crippen LogP contribution in [0.5, 0.6) is 0 Å². The SMILES string of the molecule is CCc1ccc2cnc(-c3cccc(C(C)(C)C(=O)O)c3)cc2c1. The minimum atomic E-state index is -0.928. The fourth-order valence-corrected chi connectivity index (χ4v) is 2.76. The van der Waals surface area contributed by atoms with Crippen molar-refractivity contribution in [2.45, 2.75) is 32.6 Å². The van der Waals surface area contributed by atoms with Gasteiger partial charge in [-0.1, -0.05) is 43.3 Å². The number of carboxylic acid groups (broad SMARTS) is 1. The molecule has 0 unspecified atom stereocenters. The molecule has 2 aromatic carbocycles. The Morgan fingerprint density at radius 1 is 1.08 bits per heavy atom. The van der Waals surface area contributed by atoms with Crippen molar-refractivity contribution in [2.24, 2.45) is 0 Å². The Bertz CT molecular complexity index is 913. The van der Waals surface area contributed by atoms with Gasteiger partial charge in [0.2, 0.25) is 0 Å². The van der Waals surface area contributed by atoms with Crippen LogP contribution in [0.25, 0.3) is 22.0 Å². The predicted octanol–water partition coefficient (Wildman–Crippen LogP) is 4.83.